The maximum absolute atomic E-state index is 15.5. The monoisotopic (exact) mass is 861 g/mol. The first-order chi connectivity index (χ1) is 28.4. The predicted molar refractivity (Wildman–Crippen MR) is 215 cm³/mol. The van der Waals surface area contributed by atoms with Crippen molar-refractivity contribution < 1.29 is 72.5 Å². The molecule has 6 rings (SSSR count). The van der Waals surface area contributed by atoms with Gasteiger partial charge in [-0.15, -0.1) is 0 Å². The molecule has 1 saturated heterocycles. The van der Waals surface area contributed by atoms with E-state index in [0.29, 0.717) is 25.7 Å². The number of Topliss-reactive ketones (excluding diaryl/α,β-unsaturated/α-hetero) is 1. The van der Waals surface area contributed by atoms with Gasteiger partial charge in [0.1, 0.15) is 29.5 Å². The van der Waals surface area contributed by atoms with Gasteiger partial charge < -0.3 is 49.1 Å². The molecule has 0 aromatic heterocycles. The van der Waals surface area contributed by atoms with Gasteiger partial charge in [0.2, 0.25) is 0 Å². The van der Waals surface area contributed by atoms with E-state index in [2.05, 4.69) is 5.32 Å². The molecule has 0 aromatic carbocycles. The summed E-state index contributed by atoms with van der Waals surface area (Å²) in [7, 11) is 0. The van der Waals surface area contributed by atoms with E-state index >= 15 is 4.79 Å². The number of esters is 4. The van der Waals surface area contributed by atoms with Crippen LogP contribution in [-0.2, 0) is 52.4 Å². The van der Waals surface area contributed by atoms with Crippen molar-refractivity contribution in [3.05, 3.63) is 11.1 Å². The second-order valence-corrected chi connectivity index (χ2v) is 20.2. The number of carbonyl (C=O) groups excluding carboxylic acids is 6. The Labute approximate surface area is 358 Å². The number of ketones is 1. The van der Waals surface area contributed by atoms with E-state index in [0.717, 1.165) is 45.4 Å². The third-order valence-electron chi connectivity index (χ3n) is 14.8. The van der Waals surface area contributed by atoms with Crippen LogP contribution in [-0.4, -0.2) is 117 Å². The van der Waals surface area contributed by atoms with Crippen molar-refractivity contribution in [1.29, 1.82) is 0 Å². The first-order valence-corrected chi connectivity index (χ1v) is 22.1. The van der Waals surface area contributed by atoms with Gasteiger partial charge in [-0.2, -0.15) is 0 Å². The number of alkyl carbamates (subject to hydrolysis) is 1. The van der Waals surface area contributed by atoms with Gasteiger partial charge in [0.25, 0.3) is 0 Å². The minimum Gasteiger partial charge on any atom is -0.459 e. The van der Waals surface area contributed by atoms with Gasteiger partial charge in [-0.05, 0) is 77.4 Å². The van der Waals surface area contributed by atoms with Crippen molar-refractivity contribution in [2.75, 3.05) is 6.61 Å². The molecule has 1 heterocycles. The molecule has 5 fully saturated rings. The van der Waals surface area contributed by atoms with Crippen molar-refractivity contribution >= 4 is 35.8 Å². The summed E-state index contributed by atoms with van der Waals surface area (Å²) in [5.41, 5.74) is -8.16. The molecule has 61 heavy (non-hydrogen) atoms. The third kappa shape index (κ3) is 8.47. The molecule has 0 radical (unpaired) electrons. The fourth-order valence-electron chi connectivity index (χ4n) is 11.6. The summed E-state index contributed by atoms with van der Waals surface area (Å²) in [5, 5.41) is 40.3. The molecular formula is C45H67NO15. The molecule has 11 atom stereocenters. The van der Waals surface area contributed by atoms with Gasteiger partial charge >= 0.3 is 30.0 Å². The van der Waals surface area contributed by atoms with Crippen LogP contribution in [0.3, 0.4) is 0 Å². The highest BCUT2D eigenvalue weighted by Gasteiger charge is 2.78. The molecule has 0 aromatic rings. The molecule has 5 aliphatic carbocycles. The number of rotatable bonds is 9. The minimum absolute atomic E-state index is 0.0589. The van der Waals surface area contributed by atoms with Crippen molar-refractivity contribution in [3.8, 4) is 0 Å². The molecule has 342 valence electrons. The van der Waals surface area contributed by atoms with Crippen LogP contribution in [0.1, 0.15) is 139 Å². The summed E-state index contributed by atoms with van der Waals surface area (Å²) in [5.74, 6) is -6.50. The van der Waals surface area contributed by atoms with Gasteiger partial charge in [0, 0.05) is 32.1 Å². The highest BCUT2D eigenvalue weighted by atomic mass is 16.6. The van der Waals surface area contributed by atoms with Gasteiger partial charge in [-0.3, -0.25) is 19.2 Å². The number of aliphatic hydroxyl groups excluding tert-OH is 2. The lowest BCUT2D eigenvalue weighted by Crippen LogP contribution is -2.82. The second-order valence-electron chi connectivity index (χ2n) is 20.2. The molecular weight excluding hydrogens is 794 g/mol. The normalized spacial score (nSPS) is 36.3. The van der Waals surface area contributed by atoms with E-state index in [-0.39, 0.29) is 30.1 Å². The topological polar surface area (TPSA) is 231 Å². The Kier molecular flexibility index (Phi) is 13.2. The minimum atomic E-state index is -2.30. The third-order valence-corrected chi connectivity index (χ3v) is 14.8. The lowest BCUT2D eigenvalue weighted by molar-refractivity contribution is -0.347. The summed E-state index contributed by atoms with van der Waals surface area (Å²) in [4.78, 5) is 83.3. The van der Waals surface area contributed by atoms with Crippen LogP contribution >= 0.6 is 0 Å². The maximum Gasteiger partial charge on any atom is 0.407 e. The number of carbonyl (C=O) groups is 6. The first-order valence-electron chi connectivity index (χ1n) is 22.1. The quantitative estimate of drug-likeness (QED) is 0.144. The number of nitrogens with one attached hydrogen (secondary N) is 1. The zero-order valence-corrected chi connectivity index (χ0v) is 37.2. The molecule has 1 aliphatic heterocycles. The number of hydrogen-bond acceptors (Lipinski definition) is 15. The molecule has 1 amide bonds. The van der Waals surface area contributed by atoms with Gasteiger partial charge in [0.15, 0.2) is 23.6 Å². The van der Waals surface area contributed by atoms with E-state index in [1.54, 1.807) is 41.5 Å². The fourth-order valence-corrected chi connectivity index (χ4v) is 11.6. The number of amides is 1. The fraction of sp³-hybridized carbons (Fsp3) is 0.822. The predicted octanol–water partition coefficient (Wildman–Crippen LogP) is 4.30. The van der Waals surface area contributed by atoms with E-state index < -0.39 is 124 Å². The SMILES string of the molecule is CC(=O)O[C@H]1C(=O)[C@@]2(C)C(C(OC(=O)C3CCCCC3)[C@]3(O)C[C@H](OC(=O)[C@H](O)[C@@H](NC(=O)OC(C)(C)C)C4CCCCC4)C(C)=C1C3(C)C)[C@]1(OC(C)=O)CO[C@@H]1C[C@@H]2O. The Morgan fingerprint density at radius 3 is 2.03 bits per heavy atom. The van der Waals surface area contributed by atoms with Crippen LogP contribution in [0.25, 0.3) is 0 Å². The smallest absolute Gasteiger partial charge is 0.407 e. The molecule has 6 aliphatic rings. The van der Waals surface area contributed by atoms with Crippen LogP contribution < -0.4 is 5.32 Å². The number of ether oxygens (including phenoxy) is 6. The molecule has 16 nitrogen and oxygen atoms in total. The van der Waals surface area contributed by atoms with Crippen molar-refractivity contribution in [2.24, 2.45) is 28.6 Å². The molecule has 2 bridgehead atoms. The molecule has 0 spiro atoms. The zero-order chi connectivity index (χ0) is 45.0. The Morgan fingerprint density at radius 2 is 1.49 bits per heavy atom. The van der Waals surface area contributed by atoms with Crippen LogP contribution in [0.5, 0.6) is 0 Å². The van der Waals surface area contributed by atoms with E-state index in [4.69, 9.17) is 28.4 Å². The Morgan fingerprint density at radius 1 is 0.885 bits per heavy atom. The zero-order valence-electron chi connectivity index (χ0n) is 37.2. The van der Waals surface area contributed by atoms with Crippen molar-refractivity contribution in [3.63, 3.8) is 0 Å². The van der Waals surface area contributed by atoms with Crippen molar-refractivity contribution in [1.82, 2.24) is 5.32 Å². The average molecular weight is 862 g/mol. The summed E-state index contributed by atoms with van der Waals surface area (Å²) in [6.07, 6.45) is -3.39. The molecule has 16 heteroatoms. The van der Waals surface area contributed by atoms with Gasteiger partial charge in [-0.1, -0.05) is 52.4 Å². The Balaban J connectivity index is 1.50. The molecule has 2 unspecified atom stereocenters. The van der Waals surface area contributed by atoms with E-state index in [1.165, 1.54) is 13.8 Å². The van der Waals surface area contributed by atoms with Crippen LogP contribution in [0.15, 0.2) is 11.1 Å². The summed E-state index contributed by atoms with van der Waals surface area (Å²) in [6.45, 7) is 13.4. The van der Waals surface area contributed by atoms with E-state index in [9.17, 15) is 39.3 Å². The summed E-state index contributed by atoms with van der Waals surface area (Å²) in [6, 6.07) is -1.10. The summed E-state index contributed by atoms with van der Waals surface area (Å²) < 4.78 is 36.1. The molecule has 4 N–H and O–H groups in total. The Hall–Kier alpha value is -3.60. The van der Waals surface area contributed by atoms with E-state index in [1.807, 2.05) is 0 Å². The lowest BCUT2D eigenvalue weighted by atomic mass is 9.44. The maximum atomic E-state index is 15.5. The van der Waals surface area contributed by atoms with Gasteiger partial charge in [-0.25, -0.2) is 9.59 Å². The highest BCUT2D eigenvalue weighted by molar-refractivity contribution is 5.95. The number of fused-ring (bicyclic) bond motifs is 5. The van der Waals surface area contributed by atoms with Gasteiger partial charge in [0.05, 0.1) is 36.0 Å². The van der Waals surface area contributed by atoms with Crippen LogP contribution in [0.2, 0.25) is 0 Å². The standard InChI is InChI=1S/C45H67NO15/c1-23-28(58-39(53)33(50)32(26-16-12-10-13-17-26)46-40(54)61-41(4,5)6)21-45(55)37(59-38(52)27-18-14-11-15-19-27)35-43(9,29(49)20-30-44(35,22-56-30)60-25(3)48)36(51)34(57-24(2)47)31(23)42(45,7)8/h26-30,32-35,37,49-50,55H,10-22H2,1-9H3,(H,46,54)/t28-,29-,30+,32-,33+,34+,35?,37?,43+,44-,45+/m0/s1. The Bertz CT molecular complexity index is 1770. The lowest BCUT2D eigenvalue weighted by Gasteiger charge is -2.67. The number of aliphatic hydroxyl groups is 3. The molecule has 4 saturated carbocycles. The average Bonchev–Trinajstić information content (AvgIpc) is 3.17. The number of hydrogen-bond donors (Lipinski definition) is 4. The summed E-state index contributed by atoms with van der Waals surface area (Å²) >= 11 is 0. The second kappa shape index (κ2) is 17.2. The van der Waals surface area contributed by atoms with Crippen molar-refractivity contribution in [2.45, 2.75) is 199 Å². The highest BCUT2D eigenvalue weighted by Crippen LogP contribution is 2.64. The van der Waals surface area contributed by atoms with Crippen LogP contribution in [0.4, 0.5) is 4.79 Å². The van der Waals surface area contributed by atoms with Crippen LogP contribution in [0, 0.1) is 28.6 Å². The first kappa shape index (κ1) is 46.9. The largest absolute Gasteiger partial charge is 0.459 e.